The van der Waals surface area contributed by atoms with E-state index in [1.165, 1.54) is 17.0 Å². The molecule has 1 heterocycles. The van der Waals surface area contributed by atoms with Crippen molar-refractivity contribution in [3.05, 3.63) is 65.5 Å². The molecule has 1 atom stereocenters. The second-order valence-corrected chi connectivity index (χ2v) is 5.94. The summed E-state index contributed by atoms with van der Waals surface area (Å²) in [7, 11) is 1.57. The Hall–Kier alpha value is -2.89. The number of carbonyl (C=O) groups is 2. The third kappa shape index (κ3) is 2.95. The summed E-state index contributed by atoms with van der Waals surface area (Å²) in [5, 5.41) is 2.82. The number of benzene rings is 2. The molecule has 0 spiro atoms. The van der Waals surface area contributed by atoms with Gasteiger partial charge in [-0.25, -0.2) is 9.18 Å². The van der Waals surface area contributed by atoms with Gasteiger partial charge in [-0.3, -0.25) is 9.69 Å². The summed E-state index contributed by atoms with van der Waals surface area (Å²) < 4.78 is 18.2. The van der Waals surface area contributed by atoms with Gasteiger partial charge in [0.2, 0.25) is 0 Å². The van der Waals surface area contributed by atoms with Crippen molar-refractivity contribution in [2.45, 2.75) is 25.4 Å². The number of methoxy groups -OCH3 is 1. The normalized spacial score (nSPS) is 19.9. The molecular weight excluding hydrogens is 323 g/mol. The molecule has 0 bridgehead atoms. The maximum absolute atomic E-state index is 13.0. The van der Waals surface area contributed by atoms with Crippen molar-refractivity contribution >= 4 is 11.9 Å². The summed E-state index contributed by atoms with van der Waals surface area (Å²) in [5.41, 5.74) is 0.297. The molecular formula is C19H19FN2O3. The first-order valence-electron chi connectivity index (χ1n) is 8.03. The zero-order valence-corrected chi connectivity index (χ0v) is 14.1. The van der Waals surface area contributed by atoms with Crippen molar-refractivity contribution < 1.29 is 18.7 Å². The highest BCUT2D eigenvalue weighted by Gasteiger charge is 2.51. The van der Waals surface area contributed by atoms with Crippen LogP contribution >= 0.6 is 0 Å². The summed E-state index contributed by atoms with van der Waals surface area (Å²) in [6.45, 7) is 1.95. The zero-order valence-electron chi connectivity index (χ0n) is 14.1. The predicted molar refractivity (Wildman–Crippen MR) is 90.4 cm³/mol. The lowest BCUT2D eigenvalue weighted by Gasteiger charge is -2.26. The number of hydrogen-bond acceptors (Lipinski definition) is 3. The molecule has 0 aromatic heterocycles. The summed E-state index contributed by atoms with van der Waals surface area (Å²) in [5.74, 6) is 0.00604. The molecule has 0 saturated carbocycles. The Morgan fingerprint density at radius 1 is 1.08 bits per heavy atom. The van der Waals surface area contributed by atoms with Crippen LogP contribution in [0.25, 0.3) is 0 Å². The lowest BCUT2D eigenvalue weighted by Crippen LogP contribution is -2.43. The average molecular weight is 342 g/mol. The maximum Gasteiger partial charge on any atom is 0.325 e. The Morgan fingerprint density at radius 3 is 2.28 bits per heavy atom. The van der Waals surface area contributed by atoms with Crippen molar-refractivity contribution in [2.75, 3.05) is 7.11 Å². The summed E-state index contributed by atoms with van der Waals surface area (Å²) in [6.07, 6.45) is 0.420. The number of halogens is 1. The summed E-state index contributed by atoms with van der Waals surface area (Å²) in [4.78, 5) is 26.6. The van der Waals surface area contributed by atoms with E-state index in [1.807, 2.05) is 6.92 Å². The van der Waals surface area contributed by atoms with Crippen LogP contribution in [0.1, 0.15) is 24.5 Å². The van der Waals surface area contributed by atoms with Gasteiger partial charge in [-0.2, -0.15) is 0 Å². The molecule has 0 aliphatic carbocycles. The standard InChI is InChI=1S/C19H19FN2O3/c1-3-19(14-6-10-16(25-2)11-7-14)17(23)22(18(24)21-19)12-13-4-8-15(20)9-5-13/h4-11H,3,12H2,1-2H3,(H,21,24)/t19-/m1/s1. The number of urea groups is 1. The molecule has 2 aromatic rings. The zero-order chi connectivity index (χ0) is 18.0. The number of amides is 3. The molecule has 0 radical (unpaired) electrons. The molecule has 1 N–H and O–H groups in total. The lowest BCUT2D eigenvalue weighted by atomic mass is 9.87. The van der Waals surface area contributed by atoms with E-state index in [4.69, 9.17) is 4.74 Å². The van der Waals surface area contributed by atoms with Gasteiger partial charge in [0.1, 0.15) is 17.1 Å². The SMILES string of the molecule is CC[C@]1(c2ccc(OC)cc2)NC(=O)N(Cc2ccc(F)cc2)C1=O. The smallest absolute Gasteiger partial charge is 0.325 e. The van der Waals surface area contributed by atoms with Crippen molar-refractivity contribution in [3.63, 3.8) is 0 Å². The van der Waals surface area contributed by atoms with E-state index < -0.39 is 11.6 Å². The largest absolute Gasteiger partial charge is 0.497 e. The second kappa shape index (κ2) is 6.55. The highest BCUT2D eigenvalue weighted by molar-refractivity contribution is 6.07. The van der Waals surface area contributed by atoms with Gasteiger partial charge >= 0.3 is 6.03 Å². The molecule has 0 unspecified atom stereocenters. The molecule has 1 aliphatic rings. The van der Waals surface area contributed by atoms with Crippen molar-refractivity contribution in [2.24, 2.45) is 0 Å². The van der Waals surface area contributed by atoms with Gasteiger partial charge in [0.15, 0.2) is 0 Å². The first-order chi connectivity index (χ1) is 12.0. The van der Waals surface area contributed by atoms with Crippen molar-refractivity contribution in [3.8, 4) is 5.75 Å². The van der Waals surface area contributed by atoms with E-state index in [0.717, 1.165) is 0 Å². The number of rotatable bonds is 5. The van der Waals surface area contributed by atoms with Crippen molar-refractivity contribution in [1.29, 1.82) is 0 Å². The fraction of sp³-hybridized carbons (Fsp3) is 0.263. The van der Waals surface area contributed by atoms with Gasteiger partial charge in [0.05, 0.1) is 13.7 Å². The van der Waals surface area contributed by atoms with Crippen LogP contribution < -0.4 is 10.1 Å². The van der Waals surface area contributed by atoms with Crippen molar-refractivity contribution in [1.82, 2.24) is 10.2 Å². The van der Waals surface area contributed by atoms with Gasteiger partial charge in [-0.15, -0.1) is 0 Å². The van der Waals surface area contributed by atoms with E-state index in [2.05, 4.69) is 5.32 Å². The maximum atomic E-state index is 13.0. The van der Waals surface area contributed by atoms with Crippen LogP contribution in [0.15, 0.2) is 48.5 Å². The van der Waals surface area contributed by atoms with E-state index in [0.29, 0.717) is 23.3 Å². The van der Waals surface area contributed by atoms with Gasteiger partial charge in [0.25, 0.3) is 5.91 Å². The van der Waals surface area contributed by atoms with Crippen LogP contribution in [0.3, 0.4) is 0 Å². The minimum absolute atomic E-state index is 0.100. The van der Waals surface area contributed by atoms with E-state index in [1.54, 1.807) is 43.5 Å². The van der Waals surface area contributed by atoms with Crippen LogP contribution in [-0.4, -0.2) is 23.9 Å². The lowest BCUT2D eigenvalue weighted by molar-refractivity contribution is -0.132. The topological polar surface area (TPSA) is 58.6 Å². The molecule has 2 aromatic carbocycles. The third-order valence-electron chi connectivity index (χ3n) is 4.54. The number of hydrogen-bond donors (Lipinski definition) is 1. The average Bonchev–Trinajstić information content (AvgIpc) is 2.88. The van der Waals surface area contributed by atoms with Crippen LogP contribution in [-0.2, 0) is 16.9 Å². The number of nitrogens with one attached hydrogen (secondary N) is 1. The molecule has 3 amide bonds. The fourth-order valence-corrected chi connectivity index (χ4v) is 3.06. The Balaban J connectivity index is 1.90. The highest BCUT2D eigenvalue weighted by Crippen LogP contribution is 2.34. The number of carbonyl (C=O) groups excluding carboxylic acids is 2. The number of ether oxygens (including phenoxy) is 1. The Bertz CT molecular complexity index is 789. The number of nitrogens with zero attached hydrogens (tertiary/aromatic N) is 1. The van der Waals surface area contributed by atoms with Gasteiger partial charge in [0, 0.05) is 0 Å². The van der Waals surface area contributed by atoms with Crippen LogP contribution in [0, 0.1) is 5.82 Å². The van der Waals surface area contributed by atoms with Gasteiger partial charge < -0.3 is 10.1 Å². The molecule has 1 fully saturated rings. The molecule has 6 heteroatoms. The Labute approximate surface area is 145 Å². The molecule has 5 nitrogen and oxygen atoms in total. The van der Waals surface area contributed by atoms with Crippen LogP contribution in [0.4, 0.5) is 9.18 Å². The van der Waals surface area contributed by atoms with E-state index >= 15 is 0 Å². The predicted octanol–water partition coefficient (Wildman–Crippen LogP) is 3.19. The Kier molecular flexibility index (Phi) is 4.44. The van der Waals surface area contributed by atoms with E-state index in [9.17, 15) is 14.0 Å². The van der Waals surface area contributed by atoms with Crippen LogP contribution in [0.5, 0.6) is 5.75 Å². The van der Waals surface area contributed by atoms with Gasteiger partial charge in [-0.1, -0.05) is 31.2 Å². The molecule has 1 saturated heterocycles. The van der Waals surface area contributed by atoms with Gasteiger partial charge in [-0.05, 0) is 41.8 Å². The quantitative estimate of drug-likeness (QED) is 0.849. The highest BCUT2D eigenvalue weighted by atomic mass is 19.1. The number of imide groups is 1. The first-order valence-corrected chi connectivity index (χ1v) is 8.03. The minimum atomic E-state index is -1.09. The monoisotopic (exact) mass is 342 g/mol. The fourth-order valence-electron chi connectivity index (χ4n) is 3.06. The molecule has 25 heavy (non-hydrogen) atoms. The van der Waals surface area contributed by atoms with E-state index in [-0.39, 0.29) is 18.3 Å². The Morgan fingerprint density at radius 2 is 1.72 bits per heavy atom. The molecule has 1 aliphatic heterocycles. The van der Waals surface area contributed by atoms with Crippen LogP contribution in [0.2, 0.25) is 0 Å². The molecule has 3 rings (SSSR count). The minimum Gasteiger partial charge on any atom is -0.497 e. The molecule has 130 valence electrons. The first kappa shape index (κ1) is 17.0. The second-order valence-electron chi connectivity index (χ2n) is 5.94. The summed E-state index contributed by atoms with van der Waals surface area (Å²) in [6, 6.07) is 12.4. The third-order valence-corrected chi connectivity index (χ3v) is 4.54. The summed E-state index contributed by atoms with van der Waals surface area (Å²) >= 11 is 0.